The monoisotopic (exact) mass is 477 g/mol. The van der Waals surface area contributed by atoms with Gasteiger partial charge in [0.1, 0.15) is 5.82 Å². The first-order valence-corrected chi connectivity index (χ1v) is 11.5. The Morgan fingerprint density at radius 1 is 1.06 bits per heavy atom. The smallest absolute Gasteiger partial charge is 0.316 e. The molecule has 12 heteroatoms. The third kappa shape index (κ3) is 6.62. The summed E-state index contributed by atoms with van der Waals surface area (Å²) in [5, 5.41) is 3.01. The average Bonchev–Trinajstić information content (AvgIpc) is 3.12. The van der Waals surface area contributed by atoms with Gasteiger partial charge in [0, 0.05) is 5.56 Å². The van der Waals surface area contributed by atoms with Crippen LogP contribution >= 0.6 is 23.5 Å². The van der Waals surface area contributed by atoms with Crippen molar-refractivity contribution in [2.75, 3.05) is 18.1 Å². The number of nitrogens with one attached hydrogen (secondary N) is 2. The maximum Gasteiger partial charge on any atom is 0.316 e. The Hall–Kier alpha value is -3.25. The third-order valence-corrected chi connectivity index (χ3v) is 5.56. The number of ether oxygens (including phenoxy) is 1. The molecule has 6 N–H and O–H groups in total. The third-order valence-electron chi connectivity index (χ3n) is 3.83. The molecule has 3 amide bonds. The van der Waals surface area contributed by atoms with Gasteiger partial charge >= 0.3 is 5.97 Å². The number of carbonyl (C=O) groups is 4. The summed E-state index contributed by atoms with van der Waals surface area (Å²) in [4.78, 5) is 55.5. The van der Waals surface area contributed by atoms with Crippen molar-refractivity contribution < 1.29 is 23.9 Å². The molecule has 1 heterocycles. The van der Waals surface area contributed by atoms with E-state index in [0.29, 0.717) is 11.3 Å². The van der Waals surface area contributed by atoms with Crippen molar-refractivity contribution >= 4 is 58.2 Å². The molecule has 1 aromatic heterocycles. The number of hydrogen-bond acceptors (Lipinski definition) is 8. The SMILES string of the molecule is CCOC(=O)CSc1[nH]c(/N=C(/NC(=O)c2ccccc2)SCC)c(C(N)=O)c1C(N)=O. The van der Waals surface area contributed by atoms with E-state index in [2.05, 4.69) is 15.3 Å². The number of H-pyrrole nitrogens is 1. The summed E-state index contributed by atoms with van der Waals surface area (Å²) in [5.41, 5.74) is 10.9. The first-order valence-electron chi connectivity index (χ1n) is 9.50. The highest BCUT2D eigenvalue weighted by atomic mass is 32.2. The van der Waals surface area contributed by atoms with E-state index in [1.165, 1.54) is 11.8 Å². The van der Waals surface area contributed by atoms with Crippen molar-refractivity contribution in [3.05, 3.63) is 47.0 Å². The van der Waals surface area contributed by atoms with E-state index in [0.717, 1.165) is 11.8 Å². The Morgan fingerprint density at radius 3 is 2.28 bits per heavy atom. The largest absolute Gasteiger partial charge is 0.465 e. The Bertz CT molecular complexity index is 1040. The predicted octanol–water partition coefficient (Wildman–Crippen LogP) is 2.04. The van der Waals surface area contributed by atoms with Gasteiger partial charge in [-0.1, -0.05) is 48.6 Å². The van der Waals surface area contributed by atoms with Gasteiger partial charge in [-0.05, 0) is 24.8 Å². The van der Waals surface area contributed by atoms with Crippen LogP contribution in [0.3, 0.4) is 0 Å². The molecule has 170 valence electrons. The van der Waals surface area contributed by atoms with Gasteiger partial charge in [-0.2, -0.15) is 0 Å². The van der Waals surface area contributed by atoms with Crippen molar-refractivity contribution in [1.82, 2.24) is 10.3 Å². The molecular formula is C20H23N5O5S2. The van der Waals surface area contributed by atoms with Crippen LogP contribution in [-0.2, 0) is 9.53 Å². The van der Waals surface area contributed by atoms with Crippen LogP contribution in [0.5, 0.6) is 0 Å². The minimum absolute atomic E-state index is 0.0537. The topological polar surface area (TPSA) is 170 Å². The van der Waals surface area contributed by atoms with E-state index in [4.69, 9.17) is 16.2 Å². The van der Waals surface area contributed by atoms with Crippen LogP contribution in [0.4, 0.5) is 5.82 Å². The maximum absolute atomic E-state index is 12.5. The van der Waals surface area contributed by atoms with Crippen molar-refractivity contribution in [3.63, 3.8) is 0 Å². The van der Waals surface area contributed by atoms with Crippen molar-refractivity contribution in [1.29, 1.82) is 0 Å². The second-order valence-corrected chi connectivity index (χ2v) is 8.28. The fraction of sp³-hybridized carbons (Fsp3) is 0.250. The molecule has 2 aromatic rings. The molecule has 0 aliphatic heterocycles. The molecule has 0 atom stereocenters. The van der Waals surface area contributed by atoms with Gasteiger partial charge in [0.15, 0.2) is 5.17 Å². The first kappa shape index (κ1) is 25.0. The highest BCUT2D eigenvalue weighted by Crippen LogP contribution is 2.32. The van der Waals surface area contributed by atoms with Crippen LogP contribution in [0.25, 0.3) is 0 Å². The van der Waals surface area contributed by atoms with Crippen molar-refractivity contribution in [2.45, 2.75) is 18.9 Å². The zero-order chi connectivity index (χ0) is 23.7. The number of aromatic nitrogens is 1. The standard InChI is InChI=1S/C20H23N5O5S2/c1-3-30-12(26)10-32-19-14(16(22)28)13(15(21)27)17(23-19)24-20(31-4-2)25-18(29)11-8-6-5-7-9-11/h5-9,23H,3-4,10H2,1-2H3,(H2,21,27)(H2,22,28)(H,24,25,29). The van der Waals surface area contributed by atoms with Crippen LogP contribution in [0.15, 0.2) is 40.4 Å². The summed E-state index contributed by atoms with van der Waals surface area (Å²) in [6, 6.07) is 8.51. The van der Waals surface area contributed by atoms with Gasteiger partial charge in [-0.15, -0.1) is 0 Å². The Balaban J connectivity index is 2.45. The molecule has 32 heavy (non-hydrogen) atoms. The number of hydrogen-bond donors (Lipinski definition) is 4. The number of thioether (sulfide) groups is 2. The summed E-state index contributed by atoms with van der Waals surface area (Å²) in [7, 11) is 0. The van der Waals surface area contributed by atoms with E-state index in [-0.39, 0.29) is 39.5 Å². The lowest BCUT2D eigenvalue weighted by molar-refractivity contribution is -0.139. The molecule has 10 nitrogen and oxygen atoms in total. The van der Waals surface area contributed by atoms with Gasteiger partial charge in [0.2, 0.25) is 0 Å². The number of esters is 1. The Labute approximate surface area is 192 Å². The highest BCUT2D eigenvalue weighted by molar-refractivity contribution is 8.13. The van der Waals surface area contributed by atoms with Gasteiger partial charge in [-0.25, -0.2) is 4.99 Å². The minimum atomic E-state index is -0.938. The Kier molecular flexibility index (Phi) is 9.35. The zero-order valence-electron chi connectivity index (χ0n) is 17.5. The first-order chi connectivity index (χ1) is 15.3. The van der Waals surface area contributed by atoms with Gasteiger partial charge in [-0.3, -0.25) is 19.2 Å². The Morgan fingerprint density at radius 2 is 1.72 bits per heavy atom. The lowest BCUT2D eigenvalue weighted by Crippen LogP contribution is -2.28. The average molecular weight is 478 g/mol. The number of nitrogens with zero attached hydrogens (tertiary/aromatic N) is 1. The number of rotatable bonds is 9. The van der Waals surface area contributed by atoms with E-state index < -0.39 is 23.7 Å². The van der Waals surface area contributed by atoms with Gasteiger partial charge in [0.25, 0.3) is 17.7 Å². The molecule has 2 rings (SSSR count). The fourth-order valence-corrected chi connectivity index (χ4v) is 4.01. The maximum atomic E-state index is 12.5. The summed E-state index contributed by atoms with van der Waals surface area (Å²) >= 11 is 2.14. The van der Waals surface area contributed by atoms with Crippen LogP contribution in [0.2, 0.25) is 0 Å². The fourth-order valence-electron chi connectivity index (χ4n) is 2.56. The molecule has 0 spiro atoms. The number of amidine groups is 1. The van der Waals surface area contributed by atoms with Crippen molar-refractivity contribution in [2.24, 2.45) is 16.5 Å². The van der Waals surface area contributed by atoms with Crippen LogP contribution in [0.1, 0.15) is 44.9 Å². The number of nitrogens with two attached hydrogens (primary N) is 2. The number of carbonyl (C=O) groups excluding carboxylic acids is 4. The number of amides is 3. The lowest BCUT2D eigenvalue weighted by atomic mass is 10.1. The molecule has 0 radical (unpaired) electrons. The quantitative estimate of drug-likeness (QED) is 0.185. The van der Waals surface area contributed by atoms with Crippen LogP contribution in [0, 0.1) is 0 Å². The summed E-state index contributed by atoms with van der Waals surface area (Å²) in [5.74, 6) is -2.38. The van der Waals surface area contributed by atoms with Crippen molar-refractivity contribution in [3.8, 4) is 0 Å². The second kappa shape index (κ2) is 12.0. The molecule has 0 aliphatic carbocycles. The highest BCUT2D eigenvalue weighted by Gasteiger charge is 2.26. The molecule has 1 aromatic carbocycles. The predicted molar refractivity (Wildman–Crippen MR) is 124 cm³/mol. The van der Waals surface area contributed by atoms with Crippen LogP contribution < -0.4 is 16.8 Å². The van der Waals surface area contributed by atoms with E-state index in [1.54, 1.807) is 37.3 Å². The summed E-state index contributed by atoms with van der Waals surface area (Å²) < 4.78 is 4.87. The van der Waals surface area contributed by atoms with Gasteiger partial charge in [0.05, 0.1) is 28.5 Å². The van der Waals surface area contributed by atoms with Gasteiger partial charge < -0.3 is 26.5 Å². The zero-order valence-corrected chi connectivity index (χ0v) is 19.1. The molecular weight excluding hydrogens is 454 g/mol. The minimum Gasteiger partial charge on any atom is -0.465 e. The van der Waals surface area contributed by atoms with Crippen LogP contribution in [-0.4, -0.2) is 52.0 Å². The summed E-state index contributed by atoms with van der Waals surface area (Å²) in [6.07, 6.45) is 0. The number of aromatic amines is 1. The molecule has 0 unspecified atom stereocenters. The summed E-state index contributed by atoms with van der Waals surface area (Å²) in [6.45, 7) is 3.72. The molecule has 0 bridgehead atoms. The molecule has 0 saturated carbocycles. The van der Waals surface area contributed by atoms with E-state index in [1.807, 2.05) is 6.92 Å². The molecule has 0 saturated heterocycles. The number of benzene rings is 1. The van der Waals surface area contributed by atoms with E-state index >= 15 is 0 Å². The van der Waals surface area contributed by atoms with E-state index in [9.17, 15) is 19.2 Å². The molecule has 0 fully saturated rings. The lowest BCUT2D eigenvalue weighted by Gasteiger charge is -2.07. The second-order valence-electron chi connectivity index (χ2n) is 6.05. The number of primary amides is 2. The molecule has 0 aliphatic rings. The normalized spacial score (nSPS) is 11.1. The number of aliphatic imine (C=N–C) groups is 1.